The highest BCUT2D eigenvalue weighted by Gasteiger charge is 2.24. The topological polar surface area (TPSA) is 64.1 Å². The molecule has 0 aromatic carbocycles. The van der Waals surface area contributed by atoms with Crippen LogP contribution in [-0.4, -0.2) is 42.5 Å². The van der Waals surface area contributed by atoms with Crippen molar-refractivity contribution in [3.63, 3.8) is 0 Å². The summed E-state index contributed by atoms with van der Waals surface area (Å²) in [6, 6.07) is 4.11. The molecule has 7 heteroatoms. The van der Waals surface area contributed by atoms with Crippen molar-refractivity contribution in [1.29, 1.82) is 0 Å². The van der Waals surface area contributed by atoms with Crippen LogP contribution in [0.1, 0.15) is 52.3 Å². The SMILES string of the molecule is CC(C)(C)c1nnc2ccc(N3CCC(CCCn4ccnc4)CC3)nn12. The van der Waals surface area contributed by atoms with Gasteiger partial charge in [0, 0.05) is 37.4 Å². The predicted molar refractivity (Wildman–Crippen MR) is 106 cm³/mol. The van der Waals surface area contributed by atoms with Gasteiger partial charge in [-0.15, -0.1) is 15.3 Å². The van der Waals surface area contributed by atoms with Crippen molar-refractivity contribution in [2.45, 2.75) is 58.4 Å². The van der Waals surface area contributed by atoms with Gasteiger partial charge < -0.3 is 9.47 Å². The standard InChI is InChI=1S/C20H29N7/c1-20(2,3)19-23-22-17-6-7-18(24-27(17)19)26-12-8-16(9-13-26)5-4-11-25-14-10-21-15-25/h6-7,10,14-16H,4-5,8-9,11-13H2,1-3H3. The van der Waals surface area contributed by atoms with Crippen LogP contribution >= 0.6 is 0 Å². The molecule has 1 aliphatic heterocycles. The molecule has 0 unspecified atom stereocenters. The summed E-state index contributed by atoms with van der Waals surface area (Å²) in [4.78, 5) is 6.51. The molecule has 1 fully saturated rings. The fourth-order valence-corrected chi connectivity index (χ4v) is 3.85. The van der Waals surface area contributed by atoms with E-state index in [1.807, 2.05) is 29.3 Å². The molecule has 0 bridgehead atoms. The van der Waals surface area contributed by atoms with E-state index in [2.05, 4.69) is 51.5 Å². The summed E-state index contributed by atoms with van der Waals surface area (Å²) in [5, 5.41) is 13.5. The van der Waals surface area contributed by atoms with Crippen molar-refractivity contribution >= 4 is 11.5 Å². The predicted octanol–water partition coefficient (Wildman–Crippen LogP) is 3.32. The first kappa shape index (κ1) is 17.9. The lowest BCUT2D eigenvalue weighted by molar-refractivity contribution is 0.362. The molecule has 144 valence electrons. The lowest BCUT2D eigenvalue weighted by Crippen LogP contribution is -2.34. The fourth-order valence-electron chi connectivity index (χ4n) is 3.85. The summed E-state index contributed by atoms with van der Waals surface area (Å²) in [6.07, 6.45) is 10.8. The molecule has 0 aliphatic carbocycles. The second-order valence-electron chi connectivity index (χ2n) is 8.61. The molecule has 27 heavy (non-hydrogen) atoms. The number of aryl methyl sites for hydroxylation is 1. The zero-order valence-corrected chi connectivity index (χ0v) is 16.5. The molecular weight excluding hydrogens is 338 g/mol. The summed E-state index contributed by atoms with van der Waals surface area (Å²) >= 11 is 0. The van der Waals surface area contributed by atoms with Crippen molar-refractivity contribution < 1.29 is 0 Å². The van der Waals surface area contributed by atoms with Crippen LogP contribution in [0.25, 0.3) is 5.65 Å². The van der Waals surface area contributed by atoms with Gasteiger partial charge in [-0.1, -0.05) is 20.8 Å². The first-order chi connectivity index (χ1) is 13.0. The molecule has 0 N–H and O–H groups in total. The average molecular weight is 368 g/mol. The Balaban J connectivity index is 1.36. The van der Waals surface area contributed by atoms with E-state index >= 15 is 0 Å². The van der Waals surface area contributed by atoms with E-state index in [1.165, 1.54) is 25.7 Å². The monoisotopic (exact) mass is 367 g/mol. The maximum absolute atomic E-state index is 4.85. The van der Waals surface area contributed by atoms with Gasteiger partial charge in [-0.2, -0.15) is 4.52 Å². The van der Waals surface area contributed by atoms with E-state index < -0.39 is 0 Å². The third-order valence-corrected chi connectivity index (χ3v) is 5.45. The van der Waals surface area contributed by atoms with Crippen LogP contribution in [-0.2, 0) is 12.0 Å². The summed E-state index contributed by atoms with van der Waals surface area (Å²) < 4.78 is 4.08. The molecule has 4 rings (SSSR count). The van der Waals surface area contributed by atoms with Crippen LogP contribution in [0, 0.1) is 5.92 Å². The van der Waals surface area contributed by atoms with Crippen molar-refractivity contribution in [3.05, 3.63) is 36.7 Å². The van der Waals surface area contributed by atoms with Crippen molar-refractivity contribution in [2.75, 3.05) is 18.0 Å². The Hall–Kier alpha value is -2.44. The number of fused-ring (bicyclic) bond motifs is 1. The van der Waals surface area contributed by atoms with Crippen molar-refractivity contribution in [3.8, 4) is 0 Å². The van der Waals surface area contributed by atoms with E-state index in [1.54, 1.807) is 0 Å². The smallest absolute Gasteiger partial charge is 0.178 e. The Morgan fingerprint density at radius 1 is 1.11 bits per heavy atom. The normalized spacial score (nSPS) is 16.3. The lowest BCUT2D eigenvalue weighted by atomic mass is 9.92. The first-order valence-electron chi connectivity index (χ1n) is 9.94. The van der Waals surface area contributed by atoms with E-state index in [-0.39, 0.29) is 5.41 Å². The van der Waals surface area contributed by atoms with Crippen LogP contribution in [0.4, 0.5) is 5.82 Å². The Bertz CT molecular complexity index is 868. The maximum atomic E-state index is 4.85. The highest BCUT2D eigenvalue weighted by molar-refractivity contribution is 5.46. The summed E-state index contributed by atoms with van der Waals surface area (Å²) in [5.41, 5.74) is 0.742. The van der Waals surface area contributed by atoms with Crippen LogP contribution in [0.15, 0.2) is 30.9 Å². The molecule has 1 saturated heterocycles. The molecule has 3 aromatic rings. The van der Waals surface area contributed by atoms with Gasteiger partial charge in [0.15, 0.2) is 11.5 Å². The van der Waals surface area contributed by atoms with Gasteiger partial charge in [0.25, 0.3) is 0 Å². The number of nitrogens with zero attached hydrogens (tertiary/aromatic N) is 7. The Labute approximate surface area is 160 Å². The molecule has 0 amide bonds. The Morgan fingerprint density at radius 3 is 2.63 bits per heavy atom. The van der Waals surface area contributed by atoms with Crippen molar-refractivity contribution in [2.24, 2.45) is 5.92 Å². The lowest BCUT2D eigenvalue weighted by Gasteiger charge is -2.32. The Morgan fingerprint density at radius 2 is 1.93 bits per heavy atom. The number of anilines is 1. The van der Waals surface area contributed by atoms with Gasteiger partial charge in [-0.3, -0.25) is 0 Å². The first-order valence-corrected chi connectivity index (χ1v) is 9.94. The van der Waals surface area contributed by atoms with Gasteiger partial charge in [0.05, 0.1) is 6.33 Å². The zero-order chi connectivity index (χ0) is 18.9. The van der Waals surface area contributed by atoms with Gasteiger partial charge >= 0.3 is 0 Å². The third-order valence-electron chi connectivity index (χ3n) is 5.45. The Kier molecular flexibility index (Phi) is 4.85. The van der Waals surface area contributed by atoms with Gasteiger partial charge in [0.1, 0.15) is 5.82 Å². The molecular formula is C20H29N7. The largest absolute Gasteiger partial charge is 0.355 e. The molecule has 0 radical (unpaired) electrons. The molecule has 7 nitrogen and oxygen atoms in total. The van der Waals surface area contributed by atoms with Crippen LogP contribution in [0.5, 0.6) is 0 Å². The number of hydrogen-bond donors (Lipinski definition) is 0. The number of piperidine rings is 1. The third kappa shape index (κ3) is 3.96. The van der Waals surface area contributed by atoms with Crippen molar-refractivity contribution in [1.82, 2.24) is 29.4 Å². The number of imidazole rings is 1. The minimum Gasteiger partial charge on any atom is -0.355 e. The minimum atomic E-state index is -0.0761. The quantitative estimate of drug-likeness (QED) is 0.692. The summed E-state index contributed by atoms with van der Waals surface area (Å²) in [6.45, 7) is 9.65. The second-order valence-corrected chi connectivity index (χ2v) is 8.61. The maximum Gasteiger partial charge on any atom is 0.178 e. The second kappa shape index (κ2) is 7.29. The number of hydrogen-bond acceptors (Lipinski definition) is 5. The van der Waals surface area contributed by atoms with E-state index in [0.29, 0.717) is 0 Å². The molecule has 4 heterocycles. The average Bonchev–Trinajstić information content (AvgIpc) is 3.31. The van der Waals surface area contributed by atoms with Gasteiger partial charge in [-0.05, 0) is 43.7 Å². The summed E-state index contributed by atoms with van der Waals surface area (Å²) in [5.74, 6) is 2.76. The minimum absolute atomic E-state index is 0.0761. The summed E-state index contributed by atoms with van der Waals surface area (Å²) in [7, 11) is 0. The fraction of sp³-hybridized carbons (Fsp3) is 0.600. The molecule has 1 aliphatic rings. The molecule has 0 saturated carbocycles. The molecule has 0 spiro atoms. The van der Waals surface area contributed by atoms with E-state index in [9.17, 15) is 0 Å². The van der Waals surface area contributed by atoms with Crippen LogP contribution in [0.3, 0.4) is 0 Å². The highest BCUT2D eigenvalue weighted by Crippen LogP contribution is 2.26. The number of aromatic nitrogens is 6. The van der Waals surface area contributed by atoms with Crippen LogP contribution < -0.4 is 4.90 Å². The van der Waals surface area contributed by atoms with E-state index in [0.717, 1.165) is 42.8 Å². The van der Waals surface area contributed by atoms with Gasteiger partial charge in [-0.25, -0.2) is 4.98 Å². The number of rotatable bonds is 5. The van der Waals surface area contributed by atoms with Gasteiger partial charge in [0.2, 0.25) is 0 Å². The molecule has 0 atom stereocenters. The highest BCUT2D eigenvalue weighted by atomic mass is 15.4. The molecule has 3 aromatic heterocycles. The zero-order valence-electron chi connectivity index (χ0n) is 16.5. The van der Waals surface area contributed by atoms with E-state index in [4.69, 9.17) is 5.10 Å². The van der Waals surface area contributed by atoms with Crippen LogP contribution in [0.2, 0.25) is 0 Å².